The van der Waals surface area contributed by atoms with Gasteiger partial charge in [-0.1, -0.05) is 74.7 Å². The van der Waals surface area contributed by atoms with E-state index in [2.05, 4.69) is 27.7 Å². The minimum Gasteiger partial charge on any atom is -0.465 e. The van der Waals surface area contributed by atoms with Crippen LogP contribution < -0.4 is 0 Å². The Balaban J connectivity index is 0.000000311. The summed E-state index contributed by atoms with van der Waals surface area (Å²) >= 11 is 0. The van der Waals surface area contributed by atoms with Gasteiger partial charge in [0, 0.05) is 52.1 Å². The second kappa shape index (κ2) is 36.4. The molecule has 0 aromatic carbocycles. The lowest BCUT2D eigenvalue weighted by atomic mass is 9.47. The zero-order valence-corrected chi connectivity index (χ0v) is 60.1. The van der Waals surface area contributed by atoms with E-state index in [0.717, 1.165) is 102 Å². The van der Waals surface area contributed by atoms with Crippen molar-refractivity contribution in [2.75, 3.05) is 68.1 Å². The molecular weight excluding hydrogens is 1130 g/mol. The summed E-state index contributed by atoms with van der Waals surface area (Å²) in [6.07, 6.45) is 25.0. The van der Waals surface area contributed by atoms with Gasteiger partial charge in [0.25, 0.3) is 0 Å². The van der Waals surface area contributed by atoms with Crippen LogP contribution in [0.25, 0.3) is 0 Å². The average molecular weight is 1260 g/mol. The molecule has 7 aliphatic carbocycles. The van der Waals surface area contributed by atoms with Gasteiger partial charge in [0.1, 0.15) is 29.0 Å². The number of hydrogen-bond donors (Lipinski definition) is 0. The second-order valence-electron chi connectivity index (χ2n) is 30.6. The van der Waals surface area contributed by atoms with Gasteiger partial charge in [0.05, 0.1) is 54.5 Å². The van der Waals surface area contributed by atoms with Crippen molar-refractivity contribution in [1.29, 1.82) is 0 Å². The maximum absolute atomic E-state index is 12.9. The van der Waals surface area contributed by atoms with Gasteiger partial charge < -0.3 is 47.4 Å². The molecule has 0 heterocycles. The third kappa shape index (κ3) is 22.1. The third-order valence-electron chi connectivity index (χ3n) is 22.5. The van der Waals surface area contributed by atoms with E-state index in [1.54, 1.807) is 28.4 Å². The molecular formula is C73H130O16. The summed E-state index contributed by atoms with van der Waals surface area (Å²) in [5.41, 5.74) is -3.39. The fraction of sp³-hybridized carbons (Fsp3) is 0.918. The van der Waals surface area contributed by atoms with Crippen molar-refractivity contribution in [3.05, 3.63) is 0 Å². The van der Waals surface area contributed by atoms with E-state index in [4.69, 9.17) is 47.4 Å². The van der Waals surface area contributed by atoms with Crippen LogP contribution in [0.1, 0.15) is 271 Å². The van der Waals surface area contributed by atoms with Crippen LogP contribution in [0.5, 0.6) is 0 Å². The molecule has 0 aliphatic heterocycles. The zero-order chi connectivity index (χ0) is 67.1. The molecule has 0 N–H and O–H groups in total. The summed E-state index contributed by atoms with van der Waals surface area (Å²) in [6, 6.07) is 0. The Hall–Kier alpha value is -3.34. The first kappa shape index (κ1) is 79.9. The molecule has 7 aliphatic rings. The third-order valence-corrected chi connectivity index (χ3v) is 22.5. The summed E-state index contributed by atoms with van der Waals surface area (Å²) in [7, 11) is 6.80. The van der Waals surface area contributed by atoms with Crippen molar-refractivity contribution >= 4 is 35.8 Å². The number of rotatable bonds is 29. The summed E-state index contributed by atoms with van der Waals surface area (Å²) < 4.78 is 55.8. The summed E-state index contributed by atoms with van der Waals surface area (Å²) in [4.78, 5) is 73.7. The number of hydrogen-bond acceptors (Lipinski definition) is 16. The van der Waals surface area contributed by atoms with Crippen LogP contribution in [0.3, 0.4) is 0 Å². The van der Waals surface area contributed by atoms with Crippen LogP contribution in [0, 0.1) is 69.0 Å². The highest BCUT2D eigenvalue weighted by atomic mass is 16.6. The molecule has 0 amide bonds. The van der Waals surface area contributed by atoms with Gasteiger partial charge in [-0.05, 0) is 214 Å². The predicted octanol–water partition coefficient (Wildman–Crippen LogP) is 15.8. The van der Waals surface area contributed by atoms with Crippen molar-refractivity contribution in [2.45, 2.75) is 294 Å². The highest BCUT2D eigenvalue weighted by Gasteiger charge is 2.62. The molecule has 0 aromatic rings. The normalized spacial score (nSPS) is 24.8. The largest absolute Gasteiger partial charge is 0.465 e. The molecule has 518 valence electrons. The Kier molecular flexibility index (Phi) is 32.6. The van der Waals surface area contributed by atoms with Crippen LogP contribution in [0.2, 0.25) is 0 Å². The van der Waals surface area contributed by atoms with Gasteiger partial charge >= 0.3 is 35.8 Å². The van der Waals surface area contributed by atoms with Crippen LogP contribution in [-0.4, -0.2) is 126 Å². The molecule has 0 saturated heterocycles. The second-order valence-corrected chi connectivity index (χ2v) is 30.6. The molecule has 7 fully saturated rings. The molecule has 4 atom stereocenters. The maximum Gasteiger partial charge on any atom is 0.344 e. The summed E-state index contributed by atoms with van der Waals surface area (Å²) in [5.74, 6) is 2.21. The van der Waals surface area contributed by atoms with Crippen LogP contribution >= 0.6 is 0 Å². The Labute approximate surface area is 540 Å². The molecule has 4 bridgehead atoms. The van der Waals surface area contributed by atoms with Gasteiger partial charge in [-0.25, -0.2) is 4.79 Å². The number of carbonyl (C=O) groups excluding carboxylic acids is 6. The van der Waals surface area contributed by atoms with Crippen molar-refractivity contribution in [3.8, 4) is 0 Å². The Bertz CT molecular complexity index is 2120. The van der Waals surface area contributed by atoms with Gasteiger partial charge in [-0.15, -0.1) is 0 Å². The predicted molar refractivity (Wildman–Crippen MR) is 349 cm³/mol. The van der Waals surface area contributed by atoms with Crippen molar-refractivity contribution in [1.82, 2.24) is 0 Å². The van der Waals surface area contributed by atoms with E-state index in [-0.39, 0.29) is 84.4 Å². The van der Waals surface area contributed by atoms with Crippen molar-refractivity contribution < 1.29 is 76.1 Å². The van der Waals surface area contributed by atoms with Crippen LogP contribution in [0.15, 0.2) is 0 Å². The highest BCUT2D eigenvalue weighted by molar-refractivity contribution is 5.80. The van der Waals surface area contributed by atoms with Gasteiger partial charge in [0.15, 0.2) is 6.61 Å². The highest BCUT2D eigenvalue weighted by Crippen LogP contribution is 2.62. The molecule has 7 saturated carbocycles. The molecule has 0 spiro atoms. The average Bonchev–Trinajstić information content (AvgIpc) is 1.06. The van der Waals surface area contributed by atoms with E-state index in [1.165, 1.54) is 51.4 Å². The minimum absolute atomic E-state index is 0.00423. The van der Waals surface area contributed by atoms with Crippen LogP contribution in [-0.2, 0) is 76.1 Å². The molecule has 7 rings (SSSR count). The first-order valence-electron chi connectivity index (χ1n) is 35.0. The fourth-order valence-corrected chi connectivity index (χ4v) is 14.6. The lowest BCUT2D eigenvalue weighted by molar-refractivity contribution is -0.237. The molecule has 4 unspecified atom stereocenters. The van der Waals surface area contributed by atoms with E-state index < -0.39 is 38.8 Å². The maximum atomic E-state index is 12.9. The summed E-state index contributed by atoms with van der Waals surface area (Å²) in [6.45, 7) is 34.0. The van der Waals surface area contributed by atoms with E-state index in [1.807, 2.05) is 83.1 Å². The monoisotopic (exact) mass is 1260 g/mol. The van der Waals surface area contributed by atoms with E-state index >= 15 is 0 Å². The molecule has 16 nitrogen and oxygen atoms in total. The molecule has 89 heavy (non-hydrogen) atoms. The molecule has 16 heteroatoms. The zero-order valence-electron chi connectivity index (χ0n) is 60.1. The fourth-order valence-electron chi connectivity index (χ4n) is 14.6. The lowest BCUT2D eigenvalue weighted by Gasteiger charge is -2.62. The SMILES string of the molecule is CCC(C)(C)C(=O)OC1(C(C)COC)C2CC3CC(C2)CC1C3.CCC(C)(C)C(=O)OC1(C(C)COC)CCCCC1.CCC(C)(C)C(=O)OCC(=O)OC1(C(C)COC)CCCCC1.CCC(C)(C)C(=O)OCCC(=O)OC1(C(C)COC)CCCCC1. The number of carbonyl (C=O) groups is 6. The molecule has 0 aromatic heterocycles. The van der Waals surface area contributed by atoms with Gasteiger partial charge in [-0.2, -0.15) is 0 Å². The topological polar surface area (TPSA) is 195 Å². The Morgan fingerprint density at radius 3 is 1.03 bits per heavy atom. The van der Waals surface area contributed by atoms with E-state index in [9.17, 15) is 28.8 Å². The number of ether oxygens (including phenoxy) is 10. The van der Waals surface area contributed by atoms with Gasteiger partial charge in [-0.3, -0.25) is 24.0 Å². The Morgan fingerprint density at radius 2 is 0.685 bits per heavy atom. The molecule has 0 radical (unpaired) electrons. The standard InChI is InChI=1S/C20H34O3.C19H34O5.C18H32O5.C16H30O3/c1-6-19(3,4)18(21)23-20(13(2)12-22-5)16-8-14-7-15(10-16)11-17(20)9-14;1-6-18(3,4)17(21)23-13-10-16(20)24-19(15(2)14-22-5)11-8-7-9-12-19;1-6-17(3,4)16(20)22-13-15(19)23-18(14(2)12-21-5)10-8-7-9-11-18;1-6-15(3,4)14(17)19-16(13(2)12-18-5)10-8-7-9-11-16/h13-17H,6-12H2,1-5H3;15H,6-14H2,1-5H3;14H,6-13H2,1-5H3;13H,6-12H2,1-5H3. The van der Waals surface area contributed by atoms with E-state index in [0.29, 0.717) is 51.1 Å². The van der Waals surface area contributed by atoms with Crippen molar-refractivity contribution in [2.24, 2.45) is 69.0 Å². The first-order valence-corrected chi connectivity index (χ1v) is 35.0. The lowest BCUT2D eigenvalue weighted by Crippen LogP contribution is -2.64. The Morgan fingerprint density at radius 1 is 0.382 bits per heavy atom. The quantitative estimate of drug-likeness (QED) is 0.0506. The van der Waals surface area contributed by atoms with Gasteiger partial charge in [0.2, 0.25) is 0 Å². The summed E-state index contributed by atoms with van der Waals surface area (Å²) in [5, 5.41) is 0. The smallest absolute Gasteiger partial charge is 0.344 e. The van der Waals surface area contributed by atoms with Crippen LogP contribution in [0.4, 0.5) is 0 Å². The minimum atomic E-state index is -0.577. The van der Waals surface area contributed by atoms with Crippen molar-refractivity contribution in [3.63, 3.8) is 0 Å². The number of methoxy groups -OCH3 is 4. The number of esters is 6. The first-order chi connectivity index (χ1) is 41.7.